The Bertz CT molecular complexity index is 2450. The highest BCUT2D eigenvalue weighted by molar-refractivity contribution is 7.01. The largest absolute Gasteiger partial charge is 0.336 e. The SMILES string of the molecule is CC(C)(C)N1c2ccccc2B2c3ccccc3N(c3ccccc3)c3c2c1c1c2ccccc2n2c4ccccc4c3c12. The molecule has 208 valence electrons. The molecular weight excluding hydrogens is 533 g/mol. The molecule has 0 aliphatic carbocycles. The Morgan fingerprint density at radius 1 is 0.523 bits per heavy atom. The molecule has 0 N–H and O–H groups in total. The van der Waals surface area contributed by atoms with Crippen LogP contribution in [0.4, 0.5) is 28.4 Å². The summed E-state index contributed by atoms with van der Waals surface area (Å²) in [6.07, 6.45) is 0. The van der Waals surface area contributed by atoms with E-state index in [1.807, 2.05) is 0 Å². The molecule has 0 atom stereocenters. The molecular formula is C40H30BN3. The van der Waals surface area contributed by atoms with Crippen molar-refractivity contribution < 1.29 is 0 Å². The van der Waals surface area contributed by atoms with Crippen molar-refractivity contribution in [3.05, 3.63) is 127 Å². The smallest absolute Gasteiger partial charge is 0.252 e. The summed E-state index contributed by atoms with van der Waals surface area (Å²) in [5.41, 5.74) is 14.2. The van der Waals surface area contributed by atoms with Crippen LogP contribution in [0.5, 0.6) is 0 Å². The molecule has 0 spiro atoms. The molecule has 10 rings (SSSR count). The van der Waals surface area contributed by atoms with Crippen LogP contribution in [-0.4, -0.2) is 16.7 Å². The fourth-order valence-corrected chi connectivity index (χ4v) is 8.47. The number of aromatic nitrogens is 1. The highest BCUT2D eigenvalue weighted by Crippen LogP contribution is 2.53. The van der Waals surface area contributed by atoms with Crippen LogP contribution in [-0.2, 0) is 0 Å². The summed E-state index contributed by atoms with van der Waals surface area (Å²) in [5.74, 6) is 0. The first-order valence-electron chi connectivity index (χ1n) is 15.6. The van der Waals surface area contributed by atoms with E-state index in [1.165, 1.54) is 82.9 Å². The number of fused-ring (bicyclic) bond motifs is 12. The lowest BCUT2D eigenvalue weighted by Gasteiger charge is -2.48. The normalized spacial score (nSPS) is 14.1. The Balaban J connectivity index is 1.55. The van der Waals surface area contributed by atoms with Gasteiger partial charge in [0.15, 0.2) is 0 Å². The maximum Gasteiger partial charge on any atom is 0.252 e. The Kier molecular flexibility index (Phi) is 4.54. The summed E-state index contributed by atoms with van der Waals surface area (Å²) >= 11 is 0. The van der Waals surface area contributed by atoms with E-state index >= 15 is 0 Å². The molecule has 0 unspecified atom stereocenters. The van der Waals surface area contributed by atoms with Crippen molar-refractivity contribution in [2.75, 3.05) is 9.80 Å². The second-order valence-electron chi connectivity index (χ2n) is 13.3. The third-order valence-electron chi connectivity index (χ3n) is 9.91. The van der Waals surface area contributed by atoms with Crippen molar-refractivity contribution in [2.45, 2.75) is 26.3 Å². The van der Waals surface area contributed by atoms with Crippen molar-refractivity contribution in [3.8, 4) is 0 Å². The molecule has 0 saturated carbocycles. The maximum atomic E-state index is 2.65. The second kappa shape index (κ2) is 8.24. The van der Waals surface area contributed by atoms with Crippen LogP contribution in [0.2, 0.25) is 0 Å². The summed E-state index contributed by atoms with van der Waals surface area (Å²) in [6, 6.07) is 47.2. The summed E-state index contributed by atoms with van der Waals surface area (Å²) in [5, 5.41) is 5.30. The maximum absolute atomic E-state index is 2.65. The number of para-hydroxylation sites is 5. The Morgan fingerprint density at radius 2 is 1.05 bits per heavy atom. The van der Waals surface area contributed by atoms with Gasteiger partial charge in [-0.1, -0.05) is 91.0 Å². The molecule has 3 nitrogen and oxygen atoms in total. The Hall–Kier alpha value is -5.22. The topological polar surface area (TPSA) is 10.9 Å². The van der Waals surface area contributed by atoms with Gasteiger partial charge in [-0.05, 0) is 73.6 Å². The lowest BCUT2D eigenvalue weighted by atomic mass is 9.33. The zero-order chi connectivity index (χ0) is 29.3. The highest BCUT2D eigenvalue weighted by atomic mass is 15.2. The van der Waals surface area contributed by atoms with Gasteiger partial charge in [-0.15, -0.1) is 0 Å². The molecule has 8 aromatic rings. The fourth-order valence-electron chi connectivity index (χ4n) is 8.47. The lowest BCUT2D eigenvalue weighted by molar-refractivity contribution is 0.562. The van der Waals surface area contributed by atoms with E-state index in [1.54, 1.807) is 0 Å². The van der Waals surface area contributed by atoms with E-state index < -0.39 is 0 Å². The number of hydrogen-bond acceptors (Lipinski definition) is 2. The summed E-state index contributed by atoms with van der Waals surface area (Å²) in [7, 11) is 0. The zero-order valence-electron chi connectivity index (χ0n) is 25.0. The molecule has 2 aromatic heterocycles. The van der Waals surface area contributed by atoms with Gasteiger partial charge in [0.25, 0.3) is 6.71 Å². The summed E-state index contributed by atoms with van der Waals surface area (Å²) in [6.45, 7) is 7.18. The van der Waals surface area contributed by atoms with Gasteiger partial charge in [0, 0.05) is 49.8 Å². The van der Waals surface area contributed by atoms with Crippen LogP contribution in [0.25, 0.3) is 38.1 Å². The van der Waals surface area contributed by atoms with Gasteiger partial charge in [0.1, 0.15) is 0 Å². The predicted octanol–water partition coefficient (Wildman–Crippen LogP) is 8.39. The molecule has 0 amide bonds. The van der Waals surface area contributed by atoms with Gasteiger partial charge in [-0.2, -0.15) is 0 Å². The van der Waals surface area contributed by atoms with Crippen LogP contribution in [0.1, 0.15) is 20.8 Å². The van der Waals surface area contributed by atoms with E-state index in [-0.39, 0.29) is 12.3 Å². The van der Waals surface area contributed by atoms with Crippen LogP contribution in [0.3, 0.4) is 0 Å². The highest BCUT2D eigenvalue weighted by Gasteiger charge is 2.47. The minimum absolute atomic E-state index is 0.112. The van der Waals surface area contributed by atoms with Gasteiger partial charge in [-0.3, -0.25) is 0 Å². The number of nitrogens with zero attached hydrogens (tertiary/aromatic N) is 3. The Labute approximate surface area is 257 Å². The van der Waals surface area contributed by atoms with Crippen molar-refractivity contribution in [1.29, 1.82) is 0 Å². The van der Waals surface area contributed by atoms with Gasteiger partial charge in [-0.25, -0.2) is 0 Å². The van der Waals surface area contributed by atoms with Crippen LogP contribution in [0.15, 0.2) is 127 Å². The summed E-state index contributed by atoms with van der Waals surface area (Å²) in [4.78, 5) is 5.20. The molecule has 6 aromatic carbocycles. The second-order valence-corrected chi connectivity index (χ2v) is 13.3. The van der Waals surface area contributed by atoms with E-state index in [4.69, 9.17) is 0 Å². The lowest BCUT2D eigenvalue weighted by Crippen LogP contribution is -2.63. The van der Waals surface area contributed by atoms with E-state index in [9.17, 15) is 0 Å². The molecule has 4 heterocycles. The molecule has 44 heavy (non-hydrogen) atoms. The number of rotatable bonds is 1. The first kappa shape index (κ1) is 24.3. The Morgan fingerprint density at radius 3 is 1.70 bits per heavy atom. The van der Waals surface area contributed by atoms with Gasteiger partial charge in [0.2, 0.25) is 0 Å². The minimum Gasteiger partial charge on any atom is -0.336 e. The third-order valence-corrected chi connectivity index (χ3v) is 9.91. The average molecular weight is 564 g/mol. The average Bonchev–Trinajstić information content (AvgIpc) is 3.57. The van der Waals surface area contributed by atoms with Crippen LogP contribution < -0.4 is 26.2 Å². The van der Waals surface area contributed by atoms with E-state index in [0.29, 0.717) is 0 Å². The van der Waals surface area contributed by atoms with Gasteiger partial charge >= 0.3 is 0 Å². The molecule has 2 aliphatic heterocycles. The standard InChI is InChI=1S/C40H30BN3/c1-40(2,3)44-33-24-14-10-20-29(33)41-28-19-9-13-23-32(28)42(25-15-5-4-6-16-25)38-34-26-17-7-11-21-30(26)43-31-22-12-8-18-27(31)35(37(34)43)39(44)36(38)41/h4-24H,1-3H3. The van der Waals surface area contributed by atoms with E-state index in [2.05, 4.69) is 162 Å². The number of benzene rings is 6. The zero-order valence-corrected chi connectivity index (χ0v) is 25.0. The first-order valence-corrected chi connectivity index (χ1v) is 15.6. The monoisotopic (exact) mass is 563 g/mol. The molecule has 0 fully saturated rings. The van der Waals surface area contributed by atoms with Crippen molar-refractivity contribution in [2.24, 2.45) is 0 Å². The number of anilines is 5. The summed E-state index contributed by atoms with van der Waals surface area (Å²) < 4.78 is 2.53. The molecule has 0 radical (unpaired) electrons. The van der Waals surface area contributed by atoms with Crippen LogP contribution in [0, 0.1) is 0 Å². The quantitative estimate of drug-likeness (QED) is 0.186. The van der Waals surface area contributed by atoms with E-state index in [0.717, 1.165) is 0 Å². The first-order chi connectivity index (χ1) is 21.5. The van der Waals surface area contributed by atoms with Gasteiger partial charge < -0.3 is 14.2 Å². The predicted molar refractivity (Wildman–Crippen MR) is 189 cm³/mol. The third kappa shape index (κ3) is 2.84. The molecule has 0 saturated heterocycles. The molecule has 4 heteroatoms. The van der Waals surface area contributed by atoms with Crippen molar-refractivity contribution in [3.63, 3.8) is 0 Å². The van der Waals surface area contributed by atoms with Crippen molar-refractivity contribution in [1.82, 2.24) is 4.40 Å². The van der Waals surface area contributed by atoms with Gasteiger partial charge in [0.05, 0.1) is 22.2 Å². The molecule has 0 bridgehead atoms. The number of hydrogen-bond donors (Lipinski definition) is 0. The minimum atomic E-state index is -0.165. The van der Waals surface area contributed by atoms with Crippen LogP contribution >= 0.6 is 0 Å². The van der Waals surface area contributed by atoms with Crippen molar-refractivity contribution >= 4 is 89.6 Å². The fraction of sp³-hybridized carbons (Fsp3) is 0.100. The molecule has 2 aliphatic rings.